The highest BCUT2D eigenvalue weighted by Crippen LogP contribution is 2.30. The van der Waals surface area contributed by atoms with Crippen LogP contribution in [0.25, 0.3) is 0 Å². The average Bonchev–Trinajstić information content (AvgIpc) is 2.71. The maximum absolute atomic E-state index is 12.4. The number of aromatic hydroxyl groups is 1. The Balaban J connectivity index is 1.96. The minimum absolute atomic E-state index is 0.0947. The summed E-state index contributed by atoms with van der Waals surface area (Å²) >= 11 is 0. The van der Waals surface area contributed by atoms with Gasteiger partial charge in [0.25, 0.3) is 11.5 Å². The summed E-state index contributed by atoms with van der Waals surface area (Å²) < 4.78 is 1.24. The molecule has 9 heteroatoms. The second-order valence-corrected chi connectivity index (χ2v) is 6.71. The van der Waals surface area contributed by atoms with Crippen molar-refractivity contribution in [3.63, 3.8) is 0 Å². The fourth-order valence-corrected chi connectivity index (χ4v) is 3.47. The van der Waals surface area contributed by atoms with Gasteiger partial charge >= 0.3 is 5.69 Å². The Bertz CT molecular complexity index is 988. The van der Waals surface area contributed by atoms with E-state index in [-0.39, 0.29) is 23.7 Å². The summed E-state index contributed by atoms with van der Waals surface area (Å²) in [6, 6.07) is 2.90. The Morgan fingerprint density at radius 1 is 1.29 bits per heavy atom. The molecule has 3 N–H and O–H groups in total. The summed E-state index contributed by atoms with van der Waals surface area (Å²) in [7, 11) is 0. The monoisotopic (exact) mass is 385 g/mol. The third kappa shape index (κ3) is 4.03. The van der Waals surface area contributed by atoms with Crippen molar-refractivity contribution in [1.29, 1.82) is 0 Å². The van der Waals surface area contributed by atoms with E-state index in [4.69, 9.17) is 0 Å². The highest BCUT2D eigenvalue weighted by Gasteiger charge is 2.24. The quantitative estimate of drug-likeness (QED) is 0.533. The van der Waals surface area contributed by atoms with E-state index in [1.807, 2.05) is 0 Å². The number of carbonyl (C=O) groups excluding carboxylic acids is 1. The van der Waals surface area contributed by atoms with E-state index in [0.717, 1.165) is 32.1 Å². The van der Waals surface area contributed by atoms with Crippen LogP contribution in [0, 0.1) is 0 Å². The number of aromatic amines is 1. The van der Waals surface area contributed by atoms with Crippen LogP contribution in [0.5, 0.6) is 5.88 Å². The van der Waals surface area contributed by atoms with E-state index < -0.39 is 23.0 Å². The topological polar surface area (TPSA) is 129 Å². The minimum Gasteiger partial charge on any atom is -0.494 e. The van der Waals surface area contributed by atoms with Crippen LogP contribution in [-0.4, -0.2) is 31.3 Å². The molecule has 0 spiro atoms. The molecular weight excluding hydrogens is 362 g/mol. The lowest BCUT2D eigenvalue weighted by atomic mass is 9.95. The SMILES string of the molecule is CCC(=NNC(=O)c1ccncc1)c1c(O)n(C2CCCCC2)c(=O)[nH]c1=O. The molecule has 0 bridgehead atoms. The molecule has 1 fully saturated rings. The Morgan fingerprint density at radius 2 is 1.96 bits per heavy atom. The highest BCUT2D eigenvalue weighted by atomic mass is 16.3. The third-order valence-corrected chi connectivity index (χ3v) is 4.92. The lowest BCUT2D eigenvalue weighted by molar-refractivity contribution is 0.0954. The summed E-state index contributed by atoms with van der Waals surface area (Å²) in [5, 5.41) is 14.8. The van der Waals surface area contributed by atoms with Crippen molar-refractivity contribution in [3.8, 4) is 5.88 Å². The molecule has 0 radical (unpaired) electrons. The first-order chi connectivity index (χ1) is 13.5. The smallest absolute Gasteiger partial charge is 0.331 e. The zero-order chi connectivity index (χ0) is 20.1. The van der Waals surface area contributed by atoms with Gasteiger partial charge in [-0.15, -0.1) is 0 Å². The molecule has 2 aromatic heterocycles. The molecular formula is C19H23N5O4. The van der Waals surface area contributed by atoms with Gasteiger partial charge in [-0.05, 0) is 31.4 Å². The van der Waals surface area contributed by atoms with Crippen molar-refractivity contribution in [3.05, 3.63) is 56.5 Å². The number of amides is 1. The van der Waals surface area contributed by atoms with Gasteiger partial charge in [0.1, 0.15) is 5.56 Å². The molecule has 1 aliphatic rings. The molecule has 0 unspecified atom stereocenters. The molecule has 1 amide bonds. The van der Waals surface area contributed by atoms with Gasteiger partial charge in [0.2, 0.25) is 5.88 Å². The van der Waals surface area contributed by atoms with E-state index in [2.05, 4.69) is 20.5 Å². The number of hydrogen-bond donors (Lipinski definition) is 3. The zero-order valence-corrected chi connectivity index (χ0v) is 15.6. The lowest BCUT2D eigenvalue weighted by Gasteiger charge is -2.25. The molecule has 0 aromatic carbocycles. The Hall–Kier alpha value is -3.23. The highest BCUT2D eigenvalue weighted by molar-refractivity contribution is 6.03. The first-order valence-electron chi connectivity index (χ1n) is 9.38. The van der Waals surface area contributed by atoms with Gasteiger partial charge in [0.15, 0.2) is 0 Å². The van der Waals surface area contributed by atoms with E-state index >= 15 is 0 Å². The molecule has 0 aliphatic heterocycles. The van der Waals surface area contributed by atoms with Crippen LogP contribution in [0.1, 0.15) is 67.4 Å². The Kier molecular flexibility index (Phi) is 6.03. The van der Waals surface area contributed by atoms with Gasteiger partial charge < -0.3 is 5.11 Å². The van der Waals surface area contributed by atoms with E-state index in [9.17, 15) is 19.5 Å². The van der Waals surface area contributed by atoms with E-state index in [0.29, 0.717) is 5.56 Å². The van der Waals surface area contributed by atoms with Crippen molar-refractivity contribution in [2.45, 2.75) is 51.5 Å². The number of hydrazone groups is 1. The summed E-state index contributed by atoms with van der Waals surface area (Å²) in [6.07, 6.45) is 7.77. The molecule has 28 heavy (non-hydrogen) atoms. The zero-order valence-electron chi connectivity index (χ0n) is 15.6. The van der Waals surface area contributed by atoms with Crippen LogP contribution in [0.2, 0.25) is 0 Å². The first kappa shape index (κ1) is 19.5. The number of H-pyrrole nitrogens is 1. The van der Waals surface area contributed by atoms with Crippen LogP contribution in [0.3, 0.4) is 0 Å². The summed E-state index contributed by atoms with van der Waals surface area (Å²) in [4.78, 5) is 43.0. The fourth-order valence-electron chi connectivity index (χ4n) is 3.47. The fraction of sp³-hybridized carbons (Fsp3) is 0.421. The molecule has 1 saturated carbocycles. The summed E-state index contributed by atoms with van der Waals surface area (Å²) in [5.41, 5.74) is 1.48. The number of hydrogen-bond acceptors (Lipinski definition) is 6. The standard InChI is InChI=1S/C19H23N5O4/c1-2-14(22-23-16(25)12-8-10-20-11-9-12)15-17(26)21-19(28)24(18(15)27)13-6-4-3-5-7-13/h8-11,13,27H,2-7H2,1H3,(H,23,25)(H,21,26,28). The number of carbonyl (C=O) groups is 1. The molecule has 9 nitrogen and oxygen atoms in total. The molecule has 0 saturated heterocycles. The number of rotatable bonds is 5. The van der Waals surface area contributed by atoms with Crippen LogP contribution in [0.4, 0.5) is 0 Å². The molecule has 148 valence electrons. The average molecular weight is 385 g/mol. The molecule has 0 atom stereocenters. The van der Waals surface area contributed by atoms with E-state index in [1.165, 1.54) is 29.1 Å². The second-order valence-electron chi connectivity index (χ2n) is 6.71. The molecule has 1 aliphatic carbocycles. The van der Waals surface area contributed by atoms with Crippen LogP contribution in [-0.2, 0) is 0 Å². The van der Waals surface area contributed by atoms with Gasteiger partial charge in [-0.1, -0.05) is 26.2 Å². The van der Waals surface area contributed by atoms with Crippen LogP contribution >= 0.6 is 0 Å². The largest absolute Gasteiger partial charge is 0.494 e. The van der Waals surface area contributed by atoms with Gasteiger partial charge in [-0.25, -0.2) is 10.2 Å². The third-order valence-electron chi connectivity index (χ3n) is 4.92. The second kappa shape index (κ2) is 8.64. The number of nitrogens with zero attached hydrogens (tertiary/aromatic N) is 3. The van der Waals surface area contributed by atoms with Crippen molar-refractivity contribution in [1.82, 2.24) is 20.0 Å². The summed E-state index contributed by atoms with van der Waals surface area (Å²) in [5.74, 6) is -0.871. The minimum atomic E-state index is -0.728. The van der Waals surface area contributed by atoms with Crippen LogP contribution in [0.15, 0.2) is 39.2 Å². The van der Waals surface area contributed by atoms with Gasteiger partial charge in [0, 0.05) is 24.0 Å². The molecule has 2 heterocycles. The number of pyridine rings is 1. The first-order valence-corrected chi connectivity index (χ1v) is 9.38. The van der Waals surface area contributed by atoms with Gasteiger partial charge in [-0.2, -0.15) is 5.10 Å². The molecule has 2 aromatic rings. The van der Waals surface area contributed by atoms with Crippen molar-refractivity contribution >= 4 is 11.6 Å². The van der Waals surface area contributed by atoms with Gasteiger partial charge in [0.05, 0.1) is 5.71 Å². The van der Waals surface area contributed by atoms with E-state index in [1.54, 1.807) is 6.92 Å². The predicted octanol–water partition coefficient (Wildman–Crippen LogP) is 1.69. The lowest BCUT2D eigenvalue weighted by Crippen LogP contribution is -2.37. The van der Waals surface area contributed by atoms with Crippen molar-refractivity contribution < 1.29 is 9.90 Å². The van der Waals surface area contributed by atoms with Crippen LogP contribution < -0.4 is 16.7 Å². The molecule has 3 rings (SSSR count). The Labute approximate surface area is 161 Å². The van der Waals surface area contributed by atoms with Gasteiger partial charge in [-0.3, -0.25) is 24.1 Å². The number of nitrogens with one attached hydrogen (secondary N) is 2. The summed E-state index contributed by atoms with van der Waals surface area (Å²) in [6.45, 7) is 1.74. The maximum atomic E-state index is 12.4. The van der Waals surface area contributed by atoms with Crippen molar-refractivity contribution in [2.75, 3.05) is 0 Å². The van der Waals surface area contributed by atoms with Crippen molar-refractivity contribution in [2.24, 2.45) is 5.10 Å². The predicted molar refractivity (Wildman–Crippen MR) is 104 cm³/mol. The normalized spacial score (nSPS) is 15.4. The number of aromatic nitrogens is 3. The Morgan fingerprint density at radius 3 is 2.61 bits per heavy atom. The maximum Gasteiger partial charge on any atom is 0.331 e.